The van der Waals surface area contributed by atoms with Crippen LogP contribution in [-0.4, -0.2) is 111 Å². The molecule has 4 aromatic rings. The minimum atomic E-state index is -1.04. The summed E-state index contributed by atoms with van der Waals surface area (Å²) in [5, 5.41) is 4.93. The van der Waals surface area contributed by atoms with Crippen LogP contribution in [0.15, 0.2) is 85.1 Å². The van der Waals surface area contributed by atoms with Crippen molar-refractivity contribution in [1.29, 1.82) is 0 Å². The van der Waals surface area contributed by atoms with Gasteiger partial charge in [0.1, 0.15) is 42.4 Å². The van der Waals surface area contributed by atoms with E-state index in [-0.39, 0.29) is 74.9 Å². The van der Waals surface area contributed by atoms with Crippen molar-refractivity contribution in [2.24, 2.45) is 0 Å². The summed E-state index contributed by atoms with van der Waals surface area (Å²) in [4.78, 5) is 72.3. The standard InChI is InChI=1S/C41H41FN6O9/c42-34-26-30(9-11-32(34)38(50)44-27-4-6-28(7-5-27)46-15-17-47(18-16-46)36-3-1-2-14-43-36)57-24-22-55-20-19-54-21-23-56-29-8-10-31-33(25-29)41(53)48(40(31)52)35-12-13-37(49)45-39(35)51/h1-11,14,25-26,35H,12-13,15-24H2,(H,44,50)(H,45,49,51). The van der Waals surface area contributed by atoms with Crippen molar-refractivity contribution in [1.82, 2.24) is 15.2 Å². The van der Waals surface area contributed by atoms with E-state index in [1.807, 2.05) is 30.3 Å². The highest BCUT2D eigenvalue weighted by molar-refractivity contribution is 6.23. The summed E-state index contributed by atoms with van der Waals surface area (Å²) in [6.45, 7) is 4.69. The number of carbonyl (C=O) groups excluding carboxylic acids is 5. The lowest BCUT2D eigenvalue weighted by Gasteiger charge is -2.36. The first kappa shape index (κ1) is 38.9. The van der Waals surface area contributed by atoms with E-state index in [1.165, 1.54) is 24.3 Å². The fraction of sp³-hybridized carbons (Fsp3) is 0.317. The number of piperidine rings is 1. The Morgan fingerprint density at radius 1 is 0.754 bits per heavy atom. The Balaban J connectivity index is 0.756. The van der Waals surface area contributed by atoms with Crippen molar-refractivity contribution >= 4 is 46.7 Å². The third kappa shape index (κ3) is 9.36. The number of benzene rings is 3. The Kier molecular flexibility index (Phi) is 12.3. The Bertz CT molecular complexity index is 2110. The molecule has 0 aliphatic carbocycles. The van der Waals surface area contributed by atoms with E-state index < -0.39 is 41.4 Å². The van der Waals surface area contributed by atoms with Crippen molar-refractivity contribution in [3.8, 4) is 11.5 Å². The van der Waals surface area contributed by atoms with Gasteiger partial charge in [0.25, 0.3) is 17.7 Å². The van der Waals surface area contributed by atoms with Crippen molar-refractivity contribution in [2.45, 2.75) is 18.9 Å². The van der Waals surface area contributed by atoms with Crippen LogP contribution in [0.3, 0.4) is 0 Å². The van der Waals surface area contributed by atoms with E-state index in [4.69, 9.17) is 18.9 Å². The molecule has 1 unspecified atom stereocenters. The number of amides is 5. The number of nitrogens with zero attached hydrogens (tertiary/aromatic N) is 4. The van der Waals surface area contributed by atoms with Crippen LogP contribution >= 0.6 is 0 Å². The third-order valence-corrected chi connectivity index (χ3v) is 9.70. The Morgan fingerprint density at radius 2 is 1.40 bits per heavy atom. The highest BCUT2D eigenvalue weighted by Crippen LogP contribution is 2.30. The van der Waals surface area contributed by atoms with Crippen LogP contribution in [0.1, 0.15) is 43.9 Å². The number of imide groups is 2. The number of carbonyl (C=O) groups is 5. The average Bonchev–Trinajstić information content (AvgIpc) is 3.47. The molecule has 5 amide bonds. The molecule has 0 spiro atoms. The molecule has 3 aromatic carbocycles. The highest BCUT2D eigenvalue weighted by Gasteiger charge is 2.44. The largest absolute Gasteiger partial charge is 0.491 e. The molecule has 2 N–H and O–H groups in total. The summed E-state index contributed by atoms with van der Waals surface area (Å²) in [7, 11) is 0. The number of hydrogen-bond donors (Lipinski definition) is 2. The van der Waals surface area contributed by atoms with Gasteiger partial charge in [0, 0.05) is 56.2 Å². The third-order valence-electron chi connectivity index (χ3n) is 9.70. The Morgan fingerprint density at radius 3 is 2.07 bits per heavy atom. The fourth-order valence-corrected chi connectivity index (χ4v) is 6.76. The first-order valence-corrected chi connectivity index (χ1v) is 18.6. The minimum Gasteiger partial charge on any atom is -0.491 e. The van der Waals surface area contributed by atoms with E-state index in [9.17, 15) is 28.4 Å². The van der Waals surface area contributed by atoms with E-state index in [1.54, 1.807) is 24.4 Å². The molecule has 3 aliphatic heterocycles. The Hall–Kier alpha value is -6.39. The average molecular weight is 781 g/mol. The second kappa shape index (κ2) is 18.0. The summed E-state index contributed by atoms with van der Waals surface area (Å²) in [6, 6.07) is 20.9. The van der Waals surface area contributed by atoms with Gasteiger partial charge in [-0.1, -0.05) is 6.07 Å². The van der Waals surface area contributed by atoms with Crippen LogP contribution in [0, 0.1) is 5.82 Å². The lowest BCUT2D eigenvalue weighted by Crippen LogP contribution is -2.54. The first-order valence-electron chi connectivity index (χ1n) is 18.6. The summed E-state index contributed by atoms with van der Waals surface area (Å²) >= 11 is 0. The van der Waals surface area contributed by atoms with E-state index >= 15 is 0 Å². The summed E-state index contributed by atoms with van der Waals surface area (Å²) in [5.41, 5.74) is 1.79. The second-order valence-corrected chi connectivity index (χ2v) is 13.4. The number of piperazine rings is 1. The molecule has 4 heterocycles. The maximum Gasteiger partial charge on any atom is 0.262 e. The van der Waals surface area contributed by atoms with Gasteiger partial charge in [0.15, 0.2) is 0 Å². The Labute approximate surface area is 327 Å². The molecule has 296 valence electrons. The number of fused-ring (bicyclic) bond motifs is 1. The zero-order valence-electron chi connectivity index (χ0n) is 31.0. The molecule has 0 bridgehead atoms. The highest BCUT2D eigenvalue weighted by atomic mass is 19.1. The van der Waals surface area contributed by atoms with Crippen LogP contribution in [-0.2, 0) is 19.1 Å². The minimum absolute atomic E-state index is 0.0430. The van der Waals surface area contributed by atoms with Crippen LogP contribution < -0.4 is 29.9 Å². The zero-order valence-corrected chi connectivity index (χ0v) is 31.0. The summed E-state index contributed by atoms with van der Waals surface area (Å²) in [6.07, 6.45) is 1.92. The molecule has 1 atom stereocenters. The van der Waals surface area contributed by atoms with Gasteiger partial charge in [-0.05, 0) is 73.2 Å². The smallest absolute Gasteiger partial charge is 0.262 e. The maximum atomic E-state index is 14.9. The number of ether oxygens (including phenoxy) is 4. The number of aromatic nitrogens is 1. The maximum absolute atomic E-state index is 14.9. The van der Waals surface area contributed by atoms with Gasteiger partial charge in [-0.2, -0.15) is 0 Å². The number of halogens is 1. The number of rotatable bonds is 16. The summed E-state index contributed by atoms with van der Waals surface area (Å²) < 4.78 is 37.2. The van der Waals surface area contributed by atoms with Crippen molar-refractivity contribution in [3.05, 3.63) is 108 Å². The normalized spacial score (nSPS) is 16.7. The molecule has 2 saturated heterocycles. The predicted octanol–water partition coefficient (Wildman–Crippen LogP) is 3.69. The van der Waals surface area contributed by atoms with E-state index in [2.05, 4.69) is 25.4 Å². The van der Waals surface area contributed by atoms with Crippen molar-refractivity contribution in [3.63, 3.8) is 0 Å². The topological polar surface area (TPSA) is 169 Å². The van der Waals surface area contributed by atoms with Crippen molar-refractivity contribution < 1.29 is 47.3 Å². The lowest BCUT2D eigenvalue weighted by molar-refractivity contribution is -0.136. The first-order chi connectivity index (χ1) is 27.7. The predicted molar refractivity (Wildman–Crippen MR) is 205 cm³/mol. The number of pyridine rings is 1. The summed E-state index contributed by atoms with van der Waals surface area (Å²) in [5.74, 6) is -2.00. The van der Waals surface area contributed by atoms with Gasteiger partial charge in [0.2, 0.25) is 11.8 Å². The van der Waals surface area contributed by atoms with Gasteiger partial charge < -0.3 is 34.1 Å². The van der Waals surface area contributed by atoms with E-state index in [0.717, 1.165) is 48.7 Å². The van der Waals surface area contributed by atoms with Gasteiger partial charge in [-0.25, -0.2) is 9.37 Å². The molecule has 1 aromatic heterocycles. The monoisotopic (exact) mass is 780 g/mol. The van der Waals surface area contributed by atoms with Gasteiger partial charge >= 0.3 is 0 Å². The second-order valence-electron chi connectivity index (χ2n) is 13.4. The SMILES string of the molecule is O=C1CCC(N2C(=O)c3ccc(OCCOCCOCCOc4ccc(C(=O)Nc5ccc(N6CCN(c7ccccn7)CC6)cc5)c(F)c4)cc3C2=O)C(=O)N1. The molecule has 16 heteroatoms. The number of hydrogen-bond acceptors (Lipinski definition) is 12. The molecule has 7 rings (SSSR count). The fourth-order valence-electron chi connectivity index (χ4n) is 6.76. The van der Waals surface area contributed by atoms with Gasteiger partial charge in [-0.15, -0.1) is 0 Å². The number of nitrogens with one attached hydrogen (secondary N) is 2. The van der Waals surface area contributed by atoms with Crippen LogP contribution in [0.2, 0.25) is 0 Å². The molecule has 0 saturated carbocycles. The number of anilines is 3. The molecule has 0 radical (unpaired) electrons. The van der Waals surface area contributed by atoms with Crippen LogP contribution in [0.5, 0.6) is 11.5 Å². The van der Waals surface area contributed by atoms with E-state index in [0.29, 0.717) is 11.4 Å². The van der Waals surface area contributed by atoms with Gasteiger partial charge in [-0.3, -0.25) is 34.2 Å². The molecular formula is C41H41FN6O9. The van der Waals surface area contributed by atoms with Crippen LogP contribution in [0.25, 0.3) is 0 Å². The quantitative estimate of drug-likeness (QED) is 0.125. The molecule has 15 nitrogen and oxygen atoms in total. The van der Waals surface area contributed by atoms with Crippen LogP contribution in [0.4, 0.5) is 21.6 Å². The molecular weight excluding hydrogens is 739 g/mol. The van der Waals surface area contributed by atoms with Gasteiger partial charge in [0.05, 0.1) is 43.1 Å². The zero-order chi connectivity index (χ0) is 39.7. The van der Waals surface area contributed by atoms with Crippen molar-refractivity contribution in [2.75, 3.05) is 80.9 Å². The molecule has 3 aliphatic rings. The lowest BCUT2D eigenvalue weighted by atomic mass is 10.0. The molecule has 57 heavy (non-hydrogen) atoms. The molecule has 2 fully saturated rings.